The molecule has 1 aromatic rings. The standard InChI is InChI=1S/C19H23F2N5O/c20-11-2-3-15(21)13(6-11)18-16(22)7-12(10-27-18)25-8-14-17(9-25)24-26-5-1-4-23-19(14)26/h2-4,12-13,16,18H,1,5-10,22H2/t12?,13?,16?,18-/m1/s1. The topological polar surface area (TPSA) is 68.7 Å². The summed E-state index contributed by atoms with van der Waals surface area (Å²) in [5.41, 5.74) is 8.60. The van der Waals surface area contributed by atoms with Gasteiger partial charge in [-0.3, -0.25) is 4.90 Å². The molecule has 0 saturated carbocycles. The second-order valence-corrected chi connectivity index (χ2v) is 7.80. The first-order valence-electron chi connectivity index (χ1n) is 9.54. The first-order valence-corrected chi connectivity index (χ1v) is 9.54. The molecule has 3 aliphatic heterocycles. The molecule has 0 radical (unpaired) electrons. The molecule has 1 aromatic heterocycles. The lowest BCUT2D eigenvalue weighted by Gasteiger charge is -2.41. The van der Waals surface area contributed by atoms with Gasteiger partial charge in [-0.2, -0.15) is 5.10 Å². The Morgan fingerprint density at radius 2 is 2.11 bits per heavy atom. The molecule has 4 heterocycles. The van der Waals surface area contributed by atoms with Crippen molar-refractivity contribution in [2.75, 3.05) is 6.61 Å². The molecule has 0 bridgehead atoms. The lowest BCUT2D eigenvalue weighted by atomic mass is 9.85. The van der Waals surface area contributed by atoms with Crippen LogP contribution in [0.1, 0.15) is 30.5 Å². The quantitative estimate of drug-likeness (QED) is 0.862. The van der Waals surface area contributed by atoms with Gasteiger partial charge in [-0.15, -0.1) is 0 Å². The zero-order valence-electron chi connectivity index (χ0n) is 15.0. The monoisotopic (exact) mass is 375 g/mol. The molecule has 27 heavy (non-hydrogen) atoms. The number of hydrogen-bond donors (Lipinski definition) is 1. The van der Waals surface area contributed by atoms with Gasteiger partial charge in [0.15, 0.2) is 5.82 Å². The van der Waals surface area contributed by atoms with Gasteiger partial charge < -0.3 is 10.5 Å². The molecule has 144 valence electrons. The SMILES string of the molecule is NC1CC(N2Cc3nn4c(c3C2)N=CCC4)CO[C@@H]1C1CC(F)=CC=C1F. The number of aromatic nitrogens is 2. The van der Waals surface area contributed by atoms with Gasteiger partial charge in [0.05, 0.1) is 18.4 Å². The number of allylic oxidation sites excluding steroid dienone is 3. The normalized spacial score (nSPS) is 33.4. The van der Waals surface area contributed by atoms with Crippen molar-refractivity contribution in [2.45, 2.75) is 57.1 Å². The van der Waals surface area contributed by atoms with E-state index in [1.165, 1.54) is 17.7 Å². The summed E-state index contributed by atoms with van der Waals surface area (Å²) in [6, 6.07) is -0.183. The summed E-state index contributed by atoms with van der Waals surface area (Å²) in [6.45, 7) is 2.89. The van der Waals surface area contributed by atoms with E-state index in [-0.39, 0.29) is 30.2 Å². The fourth-order valence-electron chi connectivity index (χ4n) is 4.64. The lowest BCUT2D eigenvalue weighted by Crippen LogP contribution is -2.53. The molecule has 4 aliphatic rings. The van der Waals surface area contributed by atoms with Gasteiger partial charge in [0.2, 0.25) is 0 Å². The first-order chi connectivity index (χ1) is 13.1. The smallest absolute Gasteiger partial charge is 0.154 e. The predicted molar refractivity (Wildman–Crippen MR) is 96.9 cm³/mol. The zero-order valence-corrected chi connectivity index (χ0v) is 15.0. The van der Waals surface area contributed by atoms with E-state index in [0.717, 1.165) is 37.6 Å². The summed E-state index contributed by atoms with van der Waals surface area (Å²) in [6.07, 6.45) is 5.47. The number of aryl methyl sites for hydroxylation is 1. The van der Waals surface area contributed by atoms with E-state index in [1.54, 1.807) is 0 Å². The number of aliphatic imine (C=N–C) groups is 1. The van der Waals surface area contributed by atoms with E-state index < -0.39 is 12.0 Å². The van der Waals surface area contributed by atoms with Crippen LogP contribution < -0.4 is 5.73 Å². The Labute approximate surface area is 156 Å². The van der Waals surface area contributed by atoms with Gasteiger partial charge in [0, 0.05) is 62.3 Å². The number of nitrogens with zero attached hydrogens (tertiary/aromatic N) is 4. The largest absolute Gasteiger partial charge is 0.374 e. The average Bonchev–Trinajstić information content (AvgIpc) is 3.22. The minimum atomic E-state index is -0.622. The number of halogens is 2. The number of fused-ring (bicyclic) bond motifs is 3. The van der Waals surface area contributed by atoms with Crippen molar-refractivity contribution in [1.29, 1.82) is 0 Å². The first kappa shape index (κ1) is 17.2. The summed E-state index contributed by atoms with van der Waals surface area (Å²) in [5.74, 6) is -0.323. The summed E-state index contributed by atoms with van der Waals surface area (Å²) in [5, 5.41) is 4.69. The Balaban J connectivity index is 1.26. The highest BCUT2D eigenvalue weighted by atomic mass is 19.1. The molecule has 6 nitrogen and oxygen atoms in total. The van der Waals surface area contributed by atoms with Gasteiger partial charge in [-0.25, -0.2) is 18.5 Å². The van der Waals surface area contributed by atoms with Gasteiger partial charge >= 0.3 is 0 Å². The zero-order chi connectivity index (χ0) is 18.5. The van der Waals surface area contributed by atoms with E-state index >= 15 is 0 Å². The Bertz CT molecular complexity index is 845. The van der Waals surface area contributed by atoms with Crippen molar-refractivity contribution >= 4 is 12.0 Å². The third-order valence-electron chi connectivity index (χ3n) is 6.05. The van der Waals surface area contributed by atoms with Gasteiger partial charge in [0.25, 0.3) is 0 Å². The van der Waals surface area contributed by atoms with Gasteiger partial charge in [0.1, 0.15) is 11.7 Å². The molecule has 1 aliphatic carbocycles. The Kier molecular flexibility index (Phi) is 4.22. The fourth-order valence-corrected chi connectivity index (χ4v) is 4.64. The molecule has 5 rings (SSSR count). The van der Waals surface area contributed by atoms with Crippen LogP contribution in [0.15, 0.2) is 28.8 Å². The van der Waals surface area contributed by atoms with E-state index in [4.69, 9.17) is 10.5 Å². The number of nitrogens with two attached hydrogens (primary N) is 1. The maximum absolute atomic E-state index is 14.2. The van der Waals surface area contributed by atoms with Crippen LogP contribution >= 0.6 is 0 Å². The molecule has 0 amide bonds. The van der Waals surface area contributed by atoms with Crippen LogP contribution in [0.5, 0.6) is 0 Å². The maximum atomic E-state index is 14.2. The third-order valence-corrected chi connectivity index (χ3v) is 6.05. The molecular formula is C19H23F2N5O. The molecule has 1 fully saturated rings. The highest BCUT2D eigenvalue weighted by Crippen LogP contribution is 2.38. The third kappa shape index (κ3) is 2.96. The van der Waals surface area contributed by atoms with E-state index in [2.05, 4.69) is 15.0 Å². The summed E-state index contributed by atoms with van der Waals surface area (Å²) < 4.78 is 35.7. The van der Waals surface area contributed by atoms with Crippen molar-refractivity contribution in [3.63, 3.8) is 0 Å². The van der Waals surface area contributed by atoms with E-state index in [9.17, 15) is 8.78 Å². The van der Waals surface area contributed by atoms with Gasteiger partial charge in [-0.1, -0.05) is 0 Å². The Morgan fingerprint density at radius 3 is 2.96 bits per heavy atom. The lowest BCUT2D eigenvalue weighted by molar-refractivity contribution is -0.0729. The van der Waals surface area contributed by atoms with Crippen LogP contribution in [0.2, 0.25) is 0 Å². The highest BCUT2D eigenvalue weighted by molar-refractivity contribution is 5.65. The van der Waals surface area contributed by atoms with Crippen molar-refractivity contribution in [3.05, 3.63) is 35.1 Å². The van der Waals surface area contributed by atoms with E-state index in [1.807, 2.05) is 10.9 Å². The highest BCUT2D eigenvalue weighted by Gasteiger charge is 2.41. The van der Waals surface area contributed by atoms with Crippen LogP contribution in [0.4, 0.5) is 14.6 Å². The Morgan fingerprint density at radius 1 is 1.22 bits per heavy atom. The number of hydrogen-bond acceptors (Lipinski definition) is 5. The molecule has 3 unspecified atom stereocenters. The predicted octanol–water partition coefficient (Wildman–Crippen LogP) is 2.52. The van der Waals surface area contributed by atoms with Crippen LogP contribution in [0.3, 0.4) is 0 Å². The van der Waals surface area contributed by atoms with Crippen LogP contribution in [-0.4, -0.2) is 45.7 Å². The molecule has 1 saturated heterocycles. The molecule has 8 heteroatoms. The molecule has 0 spiro atoms. The number of rotatable bonds is 2. The summed E-state index contributed by atoms with van der Waals surface area (Å²) in [7, 11) is 0. The molecule has 0 aromatic carbocycles. The van der Waals surface area contributed by atoms with Crippen LogP contribution in [0, 0.1) is 5.92 Å². The summed E-state index contributed by atoms with van der Waals surface area (Å²) >= 11 is 0. The minimum absolute atomic E-state index is 0.0238. The Hall–Kier alpha value is -1.90. The second-order valence-electron chi connectivity index (χ2n) is 7.80. The van der Waals surface area contributed by atoms with Crippen LogP contribution in [0.25, 0.3) is 0 Å². The van der Waals surface area contributed by atoms with E-state index in [0.29, 0.717) is 13.0 Å². The van der Waals surface area contributed by atoms with Gasteiger partial charge in [-0.05, 0) is 18.6 Å². The van der Waals surface area contributed by atoms with Crippen molar-refractivity contribution < 1.29 is 13.5 Å². The maximum Gasteiger partial charge on any atom is 0.154 e. The molecular weight excluding hydrogens is 352 g/mol. The number of ether oxygens (including phenoxy) is 1. The second kappa shape index (κ2) is 6.61. The fraction of sp³-hybridized carbons (Fsp3) is 0.579. The van der Waals surface area contributed by atoms with Crippen molar-refractivity contribution in [2.24, 2.45) is 16.6 Å². The average molecular weight is 375 g/mol. The van der Waals surface area contributed by atoms with Crippen LogP contribution in [-0.2, 0) is 24.4 Å². The van der Waals surface area contributed by atoms with Crippen molar-refractivity contribution in [3.8, 4) is 0 Å². The minimum Gasteiger partial charge on any atom is -0.374 e. The molecule has 2 N–H and O–H groups in total. The summed E-state index contributed by atoms with van der Waals surface area (Å²) in [4.78, 5) is 6.82. The van der Waals surface area contributed by atoms with Crippen molar-refractivity contribution in [1.82, 2.24) is 14.7 Å². The molecule has 4 atom stereocenters.